The van der Waals surface area contributed by atoms with Crippen molar-refractivity contribution < 1.29 is 19.4 Å². The van der Waals surface area contributed by atoms with Crippen LogP contribution in [0.15, 0.2) is 12.7 Å². The smallest absolute Gasteiger partial charge is 0.219 e. The molecule has 1 amide bonds. The van der Waals surface area contributed by atoms with Gasteiger partial charge in [-0.3, -0.25) is 4.79 Å². The lowest BCUT2D eigenvalue weighted by Gasteiger charge is -2.16. The molecule has 0 bridgehead atoms. The van der Waals surface area contributed by atoms with Gasteiger partial charge in [0, 0.05) is 20.5 Å². The Kier molecular flexibility index (Phi) is 8.80. The van der Waals surface area contributed by atoms with Crippen LogP contribution in [0.2, 0.25) is 0 Å². The first kappa shape index (κ1) is 15.1. The summed E-state index contributed by atoms with van der Waals surface area (Å²) >= 11 is 0. The standard InChI is InChI=1S/C11H21NO4/c1-4-6-15-8-11(14)9-16-7-5-12(3)10(2)13/h4,11,14H,1,5-9H2,2-3H3. The van der Waals surface area contributed by atoms with E-state index in [1.54, 1.807) is 18.0 Å². The normalized spacial score (nSPS) is 12.2. The van der Waals surface area contributed by atoms with Gasteiger partial charge in [-0.15, -0.1) is 6.58 Å². The van der Waals surface area contributed by atoms with E-state index in [-0.39, 0.29) is 19.1 Å². The van der Waals surface area contributed by atoms with E-state index in [9.17, 15) is 9.90 Å². The molecule has 0 aromatic heterocycles. The number of aliphatic hydroxyl groups is 1. The SMILES string of the molecule is C=CCOCC(O)COCCN(C)C(C)=O. The number of hydrogen-bond acceptors (Lipinski definition) is 4. The molecule has 5 nitrogen and oxygen atoms in total. The van der Waals surface area contributed by atoms with E-state index in [0.717, 1.165) is 0 Å². The fourth-order valence-electron chi connectivity index (χ4n) is 0.914. The maximum Gasteiger partial charge on any atom is 0.219 e. The quantitative estimate of drug-likeness (QED) is 0.450. The number of carbonyl (C=O) groups is 1. The van der Waals surface area contributed by atoms with Gasteiger partial charge < -0.3 is 19.5 Å². The van der Waals surface area contributed by atoms with E-state index in [1.807, 2.05) is 0 Å². The molecule has 0 aromatic carbocycles. The van der Waals surface area contributed by atoms with Crippen molar-refractivity contribution in [1.82, 2.24) is 4.90 Å². The first-order valence-electron chi connectivity index (χ1n) is 5.24. The molecule has 0 fully saturated rings. The molecular weight excluding hydrogens is 210 g/mol. The largest absolute Gasteiger partial charge is 0.388 e. The molecule has 0 spiro atoms. The minimum atomic E-state index is -0.636. The van der Waals surface area contributed by atoms with Gasteiger partial charge in [0.15, 0.2) is 0 Å². The Balaban J connectivity index is 3.36. The molecule has 0 aliphatic heterocycles. The Morgan fingerprint density at radius 2 is 2.12 bits per heavy atom. The Bertz CT molecular complexity index is 208. The molecule has 0 aliphatic rings. The van der Waals surface area contributed by atoms with Crippen molar-refractivity contribution in [3.63, 3.8) is 0 Å². The Hall–Kier alpha value is -0.910. The highest BCUT2D eigenvalue weighted by molar-refractivity contribution is 5.72. The molecule has 1 unspecified atom stereocenters. The van der Waals surface area contributed by atoms with Gasteiger partial charge in [-0.25, -0.2) is 0 Å². The highest BCUT2D eigenvalue weighted by atomic mass is 16.5. The van der Waals surface area contributed by atoms with Crippen molar-refractivity contribution in [3.8, 4) is 0 Å². The van der Waals surface area contributed by atoms with Crippen molar-refractivity contribution in [2.24, 2.45) is 0 Å². The number of carbonyl (C=O) groups excluding carboxylic acids is 1. The monoisotopic (exact) mass is 231 g/mol. The third kappa shape index (κ3) is 8.40. The summed E-state index contributed by atoms with van der Waals surface area (Å²) in [4.78, 5) is 12.4. The van der Waals surface area contributed by atoms with Gasteiger partial charge in [-0.05, 0) is 0 Å². The van der Waals surface area contributed by atoms with Crippen LogP contribution in [0.1, 0.15) is 6.92 Å². The zero-order valence-electron chi connectivity index (χ0n) is 10.0. The molecule has 5 heteroatoms. The molecular formula is C11H21NO4. The molecule has 0 aromatic rings. The lowest BCUT2D eigenvalue weighted by Crippen LogP contribution is -2.29. The molecule has 0 radical (unpaired) electrons. The van der Waals surface area contributed by atoms with Gasteiger partial charge in [0.1, 0.15) is 6.10 Å². The van der Waals surface area contributed by atoms with E-state index in [1.165, 1.54) is 6.92 Å². The number of nitrogens with zero attached hydrogens (tertiary/aromatic N) is 1. The lowest BCUT2D eigenvalue weighted by atomic mass is 10.4. The number of hydrogen-bond donors (Lipinski definition) is 1. The average Bonchev–Trinajstić information content (AvgIpc) is 2.24. The van der Waals surface area contributed by atoms with Crippen LogP contribution in [0.5, 0.6) is 0 Å². The second kappa shape index (κ2) is 9.33. The van der Waals surface area contributed by atoms with Crippen LogP contribution in [-0.2, 0) is 14.3 Å². The van der Waals surface area contributed by atoms with Gasteiger partial charge in [0.25, 0.3) is 0 Å². The molecule has 0 aliphatic carbocycles. The summed E-state index contributed by atoms with van der Waals surface area (Å²) < 4.78 is 10.2. The van der Waals surface area contributed by atoms with Crippen LogP contribution in [0.25, 0.3) is 0 Å². The summed E-state index contributed by atoms with van der Waals surface area (Å²) in [6.07, 6.45) is 0.984. The van der Waals surface area contributed by atoms with Gasteiger partial charge in [0.2, 0.25) is 5.91 Å². The first-order chi connectivity index (χ1) is 7.57. The van der Waals surface area contributed by atoms with Gasteiger partial charge in [0.05, 0.1) is 26.4 Å². The topological polar surface area (TPSA) is 59.0 Å². The first-order valence-corrected chi connectivity index (χ1v) is 5.24. The summed E-state index contributed by atoms with van der Waals surface area (Å²) in [5.74, 6) is -0.00142. The number of ether oxygens (including phenoxy) is 2. The van der Waals surface area contributed by atoms with Gasteiger partial charge in [-0.1, -0.05) is 6.08 Å². The predicted octanol–water partition coefficient (Wildman–Crippen LogP) is 0.0448. The van der Waals surface area contributed by atoms with Crippen molar-refractivity contribution in [1.29, 1.82) is 0 Å². The maximum atomic E-state index is 10.8. The van der Waals surface area contributed by atoms with E-state index in [4.69, 9.17) is 9.47 Å². The number of likely N-dealkylation sites (N-methyl/N-ethyl adjacent to an activating group) is 1. The molecule has 0 saturated carbocycles. The van der Waals surface area contributed by atoms with Crippen LogP contribution in [0, 0.1) is 0 Å². The van der Waals surface area contributed by atoms with Gasteiger partial charge in [-0.2, -0.15) is 0 Å². The Morgan fingerprint density at radius 1 is 1.50 bits per heavy atom. The average molecular weight is 231 g/mol. The third-order valence-electron chi connectivity index (χ3n) is 1.96. The number of amides is 1. The van der Waals surface area contributed by atoms with Gasteiger partial charge >= 0.3 is 0 Å². The minimum Gasteiger partial charge on any atom is -0.388 e. The Morgan fingerprint density at radius 3 is 2.69 bits per heavy atom. The molecule has 1 atom stereocenters. The molecule has 0 rings (SSSR count). The fraction of sp³-hybridized carbons (Fsp3) is 0.727. The third-order valence-corrected chi connectivity index (χ3v) is 1.96. The summed E-state index contributed by atoms with van der Waals surface area (Å²) in [5.41, 5.74) is 0. The van der Waals surface area contributed by atoms with Crippen molar-refractivity contribution in [2.45, 2.75) is 13.0 Å². The Labute approximate surface area is 96.6 Å². The second-order valence-corrected chi connectivity index (χ2v) is 3.50. The van der Waals surface area contributed by atoms with Crippen molar-refractivity contribution >= 4 is 5.91 Å². The molecule has 1 N–H and O–H groups in total. The summed E-state index contributed by atoms with van der Waals surface area (Å²) in [6.45, 7) is 6.79. The summed E-state index contributed by atoms with van der Waals surface area (Å²) in [5, 5.41) is 9.39. The van der Waals surface area contributed by atoms with E-state index >= 15 is 0 Å². The van der Waals surface area contributed by atoms with E-state index in [0.29, 0.717) is 19.8 Å². The van der Waals surface area contributed by atoms with Crippen molar-refractivity contribution in [2.75, 3.05) is 40.0 Å². The number of aliphatic hydroxyl groups excluding tert-OH is 1. The highest BCUT2D eigenvalue weighted by Crippen LogP contribution is 1.90. The van der Waals surface area contributed by atoms with Crippen LogP contribution in [0.3, 0.4) is 0 Å². The fourth-order valence-corrected chi connectivity index (χ4v) is 0.914. The summed E-state index contributed by atoms with van der Waals surface area (Å²) in [7, 11) is 1.70. The van der Waals surface area contributed by atoms with Crippen LogP contribution in [-0.4, -0.2) is 62.0 Å². The van der Waals surface area contributed by atoms with E-state index in [2.05, 4.69) is 6.58 Å². The molecule has 0 heterocycles. The number of rotatable bonds is 9. The van der Waals surface area contributed by atoms with E-state index < -0.39 is 6.10 Å². The van der Waals surface area contributed by atoms with Crippen LogP contribution < -0.4 is 0 Å². The van der Waals surface area contributed by atoms with Crippen LogP contribution >= 0.6 is 0 Å². The molecule has 16 heavy (non-hydrogen) atoms. The second-order valence-electron chi connectivity index (χ2n) is 3.50. The molecule has 94 valence electrons. The van der Waals surface area contributed by atoms with Crippen LogP contribution in [0.4, 0.5) is 0 Å². The minimum absolute atomic E-state index is 0.00142. The highest BCUT2D eigenvalue weighted by Gasteiger charge is 2.05. The zero-order chi connectivity index (χ0) is 12.4. The zero-order valence-corrected chi connectivity index (χ0v) is 10.0. The van der Waals surface area contributed by atoms with Crippen molar-refractivity contribution in [3.05, 3.63) is 12.7 Å². The molecule has 0 saturated heterocycles. The predicted molar refractivity (Wildman–Crippen MR) is 61.2 cm³/mol. The lowest BCUT2D eigenvalue weighted by molar-refractivity contribution is -0.128. The maximum absolute atomic E-state index is 10.8. The summed E-state index contributed by atoms with van der Waals surface area (Å²) in [6, 6.07) is 0.